The van der Waals surface area contributed by atoms with Gasteiger partial charge in [-0.1, -0.05) is 51.5 Å². The van der Waals surface area contributed by atoms with Gasteiger partial charge in [-0.3, -0.25) is 4.79 Å². The molecule has 0 spiro atoms. The van der Waals surface area contributed by atoms with Gasteiger partial charge in [0.2, 0.25) is 0 Å². The highest BCUT2D eigenvalue weighted by Gasteiger charge is 2.47. The van der Waals surface area contributed by atoms with Gasteiger partial charge in [0.15, 0.2) is 6.10 Å². The molecule has 48 heavy (non-hydrogen) atoms. The summed E-state index contributed by atoms with van der Waals surface area (Å²) in [5.74, 6) is -0.949. The highest BCUT2D eigenvalue weighted by Crippen LogP contribution is 2.37. The fourth-order valence-electron chi connectivity index (χ4n) is 6.57. The minimum Gasteiger partial charge on any atom is -0.457 e. The third-order valence-electron chi connectivity index (χ3n) is 10.1. The Morgan fingerprint density at radius 3 is 2.62 bits per heavy atom. The fraction of sp³-hybridized carbons (Fsp3) is 0.784. The van der Waals surface area contributed by atoms with Crippen molar-refractivity contribution >= 4 is 12.1 Å². The Morgan fingerprint density at radius 1 is 1.27 bits per heavy atom. The normalized spacial score (nSPS) is 33.6. The van der Waals surface area contributed by atoms with Crippen LogP contribution in [0.4, 0.5) is 4.79 Å². The fourth-order valence-corrected chi connectivity index (χ4v) is 6.57. The minimum absolute atomic E-state index is 0.0112. The summed E-state index contributed by atoms with van der Waals surface area (Å²) in [5.41, 5.74) is -1.94. The number of aliphatic hydroxyl groups excluding tert-OH is 2. The number of carbonyl (C=O) groups excluding carboxylic acids is 2. The molecule has 0 aromatic heterocycles. The number of carbonyl (C=O) groups is 2. The number of allylic oxidation sites excluding steroid dienone is 2. The van der Waals surface area contributed by atoms with E-state index in [0.29, 0.717) is 25.0 Å². The molecular formula is C37H62N2O9. The Hall–Kier alpha value is -2.28. The van der Waals surface area contributed by atoms with Crippen LogP contribution in [0.2, 0.25) is 0 Å². The van der Waals surface area contributed by atoms with E-state index in [2.05, 4.69) is 4.90 Å². The second-order valence-corrected chi connectivity index (χ2v) is 14.8. The van der Waals surface area contributed by atoms with Crippen molar-refractivity contribution in [3.63, 3.8) is 0 Å². The quantitative estimate of drug-likeness (QED) is 0.103. The number of hydrogen-bond acceptors (Lipinski definition) is 10. The summed E-state index contributed by atoms with van der Waals surface area (Å²) in [6.45, 7) is 14.2. The Kier molecular flexibility index (Phi) is 15.1. The van der Waals surface area contributed by atoms with E-state index in [1.54, 1.807) is 51.3 Å². The highest BCUT2D eigenvalue weighted by molar-refractivity contribution is 5.70. The molecule has 3 rings (SSSR count). The molecule has 0 aliphatic carbocycles. The van der Waals surface area contributed by atoms with Gasteiger partial charge in [0.05, 0.1) is 36.4 Å². The first kappa shape index (κ1) is 40.2. The highest BCUT2D eigenvalue weighted by atomic mass is 16.6. The van der Waals surface area contributed by atoms with Crippen molar-refractivity contribution < 1.29 is 44.2 Å². The monoisotopic (exact) mass is 678 g/mol. The zero-order chi connectivity index (χ0) is 35.6. The van der Waals surface area contributed by atoms with E-state index in [1.807, 2.05) is 27.7 Å². The molecule has 10 unspecified atom stereocenters. The van der Waals surface area contributed by atoms with E-state index in [-0.39, 0.29) is 43.3 Å². The second-order valence-electron chi connectivity index (χ2n) is 14.8. The maximum atomic E-state index is 13.1. The van der Waals surface area contributed by atoms with Crippen molar-refractivity contribution in [3.05, 3.63) is 36.0 Å². The topological polar surface area (TPSA) is 153 Å². The van der Waals surface area contributed by atoms with Crippen molar-refractivity contribution in [3.8, 4) is 0 Å². The molecule has 0 aromatic carbocycles. The molecule has 2 saturated heterocycles. The molecule has 0 bridgehead atoms. The van der Waals surface area contributed by atoms with Gasteiger partial charge in [0.1, 0.15) is 11.7 Å². The smallest absolute Gasteiger partial charge is 0.410 e. The van der Waals surface area contributed by atoms with Crippen molar-refractivity contribution in [2.24, 2.45) is 11.8 Å². The largest absolute Gasteiger partial charge is 0.457 e. The van der Waals surface area contributed by atoms with Gasteiger partial charge in [-0.25, -0.2) is 4.79 Å². The molecule has 3 aliphatic heterocycles. The van der Waals surface area contributed by atoms with E-state index < -0.39 is 47.7 Å². The molecule has 11 nitrogen and oxygen atoms in total. The van der Waals surface area contributed by atoms with Crippen LogP contribution < -0.4 is 0 Å². The van der Waals surface area contributed by atoms with Crippen LogP contribution in [0.3, 0.4) is 0 Å². The zero-order valence-corrected chi connectivity index (χ0v) is 30.2. The van der Waals surface area contributed by atoms with Crippen LogP contribution in [-0.2, 0) is 19.0 Å². The van der Waals surface area contributed by atoms with Gasteiger partial charge in [-0.05, 0) is 77.6 Å². The van der Waals surface area contributed by atoms with Crippen molar-refractivity contribution in [2.75, 3.05) is 33.2 Å². The van der Waals surface area contributed by atoms with E-state index >= 15 is 0 Å². The number of nitrogens with zero attached hydrogens (tertiary/aromatic N) is 2. The lowest BCUT2D eigenvalue weighted by Crippen LogP contribution is -2.45. The number of likely N-dealkylation sites (N-methyl/N-ethyl adjacent to an activating group) is 1. The Morgan fingerprint density at radius 2 is 1.96 bits per heavy atom. The van der Waals surface area contributed by atoms with Gasteiger partial charge < -0.3 is 44.4 Å². The van der Waals surface area contributed by atoms with Crippen LogP contribution in [0.25, 0.3) is 0 Å². The van der Waals surface area contributed by atoms with Gasteiger partial charge in [-0.2, -0.15) is 0 Å². The molecule has 10 atom stereocenters. The number of piperidine rings is 1. The maximum Gasteiger partial charge on any atom is 0.410 e. The SMILES string of the molecule is CCC(O)C(C)C1OC1CC(C)(O)C=CC=C(C)C1OC(=O)CC(O)CCC(C)(O)C(OC(=O)N(C)CCN2CCCCC2)C=CC1C. The average molecular weight is 679 g/mol. The third-order valence-corrected chi connectivity index (χ3v) is 10.1. The first-order valence-corrected chi connectivity index (χ1v) is 17.9. The predicted molar refractivity (Wildman–Crippen MR) is 184 cm³/mol. The third kappa shape index (κ3) is 12.6. The molecule has 0 radical (unpaired) electrons. The van der Waals surface area contributed by atoms with Crippen molar-refractivity contribution in [1.82, 2.24) is 9.80 Å². The molecule has 0 saturated carbocycles. The van der Waals surface area contributed by atoms with Crippen LogP contribution >= 0.6 is 0 Å². The predicted octanol–water partition coefficient (Wildman–Crippen LogP) is 4.13. The molecule has 11 heteroatoms. The first-order chi connectivity index (χ1) is 22.5. The standard InChI is InChI=1S/C37H62N2O9/c1-8-29(41)27(4)34-30(46-34)24-36(5,44)17-12-13-25(2)33-26(3)14-15-31(37(6,45)18-16-28(40)23-32(42)48-33)47-35(43)38(7)21-22-39-19-10-9-11-20-39/h12-15,17,26-31,33-34,40-41,44-45H,8-11,16,18-24H2,1-7H3. The van der Waals surface area contributed by atoms with Crippen LogP contribution in [0.1, 0.15) is 92.9 Å². The number of aliphatic hydroxyl groups is 4. The van der Waals surface area contributed by atoms with E-state index in [1.165, 1.54) is 11.3 Å². The summed E-state index contributed by atoms with van der Waals surface area (Å²) in [4.78, 5) is 29.8. The van der Waals surface area contributed by atoms with Gasteiger partial charge in [0, 0.05) is 38.4 Å². The van der Waals surface area contributed by atoms with E-state index in [4.69, 9.17) is 14.2 Å². The number of epoxide rings is 1. The summed E-state index contributed by atoms with van der Waals surface area (Å²) in [6.07, 6.45) is 9.21. The number of ether oxygens (including phenoxy) is 3. The molecule has 3 aliphatic rings. The Balaban J connectivity index is 1.71. The molecule has 2 fully saturated rings. The summed E-state index contributed by atoms with van der Waals surface area (Å²) in [5, 5.41) is 43.2. The minimum atomic E-state index is -1.49. The average Bonchev–Trinajstić information content (AvgIpc) is 3.80. The lowest BCUT2D eigenvalue weighted by Gasteiger charge is -2.34. The molecule has 0 aromatic rings. The Labute approximate surface area is 287 Å². The van der Waals surface area contributed by atoms with Gasteiger partial charge in [0.25, 0.3) is 0 Å². The van der Waals surface area contributed by atoms with Gasteiger partial charge >= 0.3 is 12.1 Å². The zero-order valence-electron chi connectivity index (χ0n) is 30.2. The van der Waals surface area contributed by atoms with Crippen molar-refractivity contribution in [1.29, 1.82) is 0 Å². The molecule has 274 valence electrons. The van der Waals surface area contributed by atoms with Gasteiger partial charge in [-0.15, -0.1) is 0 Å². The van der Waals surface area contributed by atoms with Crippen LogP contribution in [0, 0.1) is 11.8 Å². The Bertz CT molecular complexity index is 1130. The lowest BCUT2D eigenvalue weighted by atomic mass is 9.88. The number of rotatable bonds is 12. The molecule has 3 heterocycles. The molecule has 4 N–H and O–H groups in total. The summed E-state index contributed by atoms with van der Waals surface area (Å²) >= 11 is 0. The first-order valence-electron chi connectivity index (χ1n) is 17.9. The number of hydrogen-bond donors (Lipinski definition) is 4. The number of esters is 1. The summed E-state index contributed by atoms with van der Waals surface area (Å²) < 4.78 is 17.5. The lowest BCUT2D eigenvalue weighted by molar-refractivity contribution is -0.151. The number of cyclic esters (lactones) is 1. The number of amides is 1. The summed E-state index contributed by atoms with van der Waals surface area (Å²) in [7, 11) is 1.69. The van der Waals surface area contributed by atoms with Crippen LogP contribution in [-0.4, -0.2) is 123 Å². The van der Waals surface area contributed by atoms with E-state index in [9.17, 15) is 30.0 Å². The van der Waals surface area contributed by atoms with E-state index in [0.717, 1.165) is 32.5 Å². The number of likely N-dealkylation sites (tertiary alicyclic amines) is 1. The van der Waals surface area contributed by atoms with Crippen LogP contribution in [0.15, 0.2) is 36.0 Å². The molecular weight excluding hydrogens is 616 g/mol. The van der Waals surface area contributed by atoms with Crippen molar-refractivity contribution in [2.45, 2.75) is 141 Å². The second kappa shape index (κ2) is 18.1. The van der Waals surface area contributed by atoms with Crippen LogP contribution in [0.5, 0.6) is 0 Å². The molecule has 1 amide bonds. The maximum absolute atomic E-state index is 13.1. The summed E-state index contributed by atoms with van der Waals surface area (Å²) in [6, 6.07) is 0.